The van der Waals surface area contributed by atoms with Crippen LogP contribution in [0.25, 0.3) is 0 Å². The third-order valence-electron chi connectivity index (χ3n) is 4.30. The molecule has 2 aromatic rings. The number of methoxy groups -OCH3 is 1. The first-order valence-electron chi connectivity index (χ1n) is 9.05. The maximum absolute atomic E-state index is 12.8. The first-order chi connectivity index (χ1) is 14.5. The lowest BCUT2D eigenvalue weighted by Gasteiger charge is -2.24. The maximum atomic E-state index is 12.8. The topological polar surface area (TPSA) is 124 Å². The highest BCUT2D eigenvalue weighted by Gasteiger charge is 2.22. The van der Waals surface area contributed by atoms with Crippen LogP contribution in [0.2, 0.25) is 0 Å². The van der Waals surface area contributed by atoms with Gasteiger partial charge in [0.25, 0.3) is 5.91 Å². The van der Waals surface area contributed by atoms with E-state index in [9.17, 15) is 14.9 Å². The molecule has 0 saturated carbocycles. The molecule has 0 unspecified atom stereocenters. The van der Waals surface area contributed by atoms with Gasteiger partial charge in [-0.15, -0.1) is 0 Å². The molecule has 156 valence electrons. The second-order valence-corrected chi connectivity index (χ2v) is 6.16. The van der Waals surface area contributed by atoms with Crippen LogP contribution in [0.1, 0.15) is 6.42 Å². The van der Waals surface area contributed by atoms with Gasteiger partial charge < -0.3 is 23.8 Å². The van der Waals surface area contributed by atoms with E-state index in [2.05, 4.69) is 0 Å². The summed E-state index contributed by atoms with van der Waals surface area (Å²) in [4.78, 5) is 24.9. The van der Waals surface area contributed by atoms with Crippen molar-refractivity contribution in [1.82, 2.24) is 0 Å². The number of carbonyl (C=O) groups excluding carboxylic acids is 1. The van der Waals surface area contributed by atoms with Crippen molar-refractivity contribution in [3.63, 3.8) is 0 Å². The average molecular weight is 413 g/mol. The molecule has 0 fully saturated rings. The van der Waals surface area contributed by atoms with Gasteiger partial charge in [-0.25, -0.2) is 0 Å². The molecule has 1 aliphatic heterocycles. The van der Waals surface area contributed by atoms with E-state index in [0.29, 0.717) is 36.1 Å². The van der Waals surface area contributed by atoms with E-state index < -0.39 is 17.4 Å². The van der Waals surface area contributed by atoms with Crippen molar-refractivity contribution in [2.45, 2.75) is 6.42 Å². The van der Waals surface area contributed by atoms with Crippen LogP contribution in [-0.4, -0.2) is 44.3 Å². The molecule has 30 heavy (non-hydrogen) atoms. The number of nitro benzene ring substituents is 1. The Morgan fingerprint density at radius 2 is 2.00 bits per heavy atom. The summed E-state index contributed by atoms with van der Waals surface area (Å²) in [5.74, 6) is 0.846. The van der Waals surface area contributed by atoms with Crippen molar-refractivity contribution in [1.29, 1.82) is 5.26 Å². The fourth-order valence-corrected chi connectivity index (χ4v) is 2.87. The molecule has 10 nitrogen and oxygen atoms in total. The van der Waals surface area contributed by atoms with E-state index in [1.165, 1.54) is 30.2 Å². The van der Waals surface area contributed by atoms with Gasteiger partial charge in [0, 0.05) is 18.3 Å². The quantitative estimate of drug-likeness (QED) is 0.478. The molecular weight excluding hydrogens is 394 g/mol. The molecule has 2 aromatic carbocycles. The van der Waals surface area contributed by atoms with E-state index in [1.807, 2.05) is 6.07 Å². The third kappa shape index (κ3) is 4.70. The van der Waals surface area contributed by atoms with Gasteiger partial charge in [-0.3, -0.25) is 14.9 Å². The van der Waals surface area contributed by atoms with Crippen molar-refractivity contribution in [2.24, 2.45) is 0 Å². The summed E-state index contributed by atoms with van der Waals surface area (Å²) in [6, 6.07) is 11.1. The van der Waals surface area contributed by atoms with Gasteiger partial charge in [-0.2, -0.15) is 5.26 Å². The zero-order valence-electron chi connectivity index (χ0n) is 16.2. The standard InChI is InChI=1S/C20H19N3O7/c1-27-15-4-6-17(16(12-15)23(25)26)30-13-20(24)22(8-2-7-21)14-3-5-18-19(11-14)29-10-9-28-18/h3-6,11-12H,2,8-10,13H2,1H3. The summed E-state index contributed by atoms with van der Waals surface area (Å²) in [7, 11) is 1.39. The Balaban J connectivity index is 1.78. The Morgan fingerprint density at radius 1 is 1.23 bits per heavy atom. The van der Waals surface area contributed by atoms with Crippen molar-refractivity contribution in [2.75, 3.05) is 38.4 Å². The Labute approximate surface area is 172 Å². The predicted molar refractivity (Wildman–Crippen MR) is 105 cm³/mol. The largest absolute Gasteiger partial charge is 0.496 e. The molecular formula is C20H19N3O7. The SMILES string of the molecule is COc1ccc(OCC(=O)N(CCC#N)c2ccc3c(c2)OCCO3)c([N+](=O)[O-])c1. The smallest absolute Gasteiger partial charge is 0.314 e. The summed E-state index contributed by atoms with van der Waals surface area (Å²) in [5, 5.41) is 20.2. The zero-order chi connectivity index (χ0) is 21.5. The normalized spacial score (nSPS) is 11.9. The Morgan fingerprint density at radius 3 is 2.70 bits per heavy atom. The lowest BCUT2D eigenvalue weighted by atomic mass is 10.2. The zero-order valence-corrected chi connectivity index (χ0v) is 16.2. The van der Waals surface area contributed by atoms with Gasteiger partial charge in [0.1, 0.15) is 19.0 Å². The number of benzene rings is 2. The molecule has 0 atom stereocenters. The third-order valence-corrected chi connectivity index (χ3v) is 4.30. The van der Waals surface area contributed by atoms with Crippen LogP contribution in [-0.2, 0) is 4.79 Å². The second-order valence-electron chi connectivity index (χ2n) is 6.16. The number of ether oxygens (including phenoxy) is 4. The highest BCUT2D eigenvalue weighted by Crippen LogP contribution is 2.34. The lowest BCUT2D eigenvalue weighted by molar-refractivity contribution is -0.385. The molecule has 1 heterocycles. The summed E-state index contributed by atoms with van der Waals surface area (Å²) >= 11 is 0. The van der Waals surface area contributed by atoms with Crippen LogP contribution in [0.5, 0.6) is 23.0 Å². The molecule has 0 N–H and O–H groups in total. The maximum Gasteiger partial charge on any atom is 0.314 e. The molecule has 3 rings (SSSR count). The molecule has 0 aliphatic carbocycles. The molecule has 0 saturated heterocycles. The summed E-state index contributed by atoms with van der Waals surface area (Å²) in [5.41, 5.74) is 0.192. The molecule has 0 radical (unpaired) electrons. The van der Waals surface area contributed by atoms with Crippen molar-refractivity contribution >= 4 is 17.3 Å². The van der Waals surface area contributed by atoms with Crippen LogP contribution in [0.15, 0.2) is 36.4 Å². The predicted octanol–water partition coefficient (Wildman–Crippen LogP) is 2.70. The van der Waals surface area contributed by atoms with E-state index in [-0.39, 0.29) is 24.4 Å². The number of hydrogen-bond acceptors (Lipinski definition) is 8. The first-order valence-corrected chi connectivity index (χ1v) is 9.05. The minimum atomic E-state index is -0.614. The van der Waals surface area contributed by atoms with Gasteiger partial charge in [0.05, 0.1) is 30.6 Å². The number of fused-ring (bicyclic) bond motifs is 1. The number of nitriles is 1. The number of nitro groups is 1. The summed E-state index contributed by atoms with van der Waals surface area (Å²) in [6.07, 6.45) is 0.100. The van der Waals surface area contributed by atoms with Crippen LogP contribution in [0.4, 0.5) is 11.4 Å². The average Bonchev–Trinajstić information content (AvgIpc) is 2.77. The number of hydrogen-bond donors (Lipinski definition) is 0. The highest BCUT2D eigenvalue weighted by atomic mass is 16.6. The number of anilines is 1. The van der Waals surface area contributed by atoms with E-state index in [1.54, 1.807) is 18.2 Å². The van der Waals surface area contributed by atoms with Gasteiger partial charge >= 0.3 is 5.69 Å². The van der Waals surface area contributed by atoms with Crippen LogP contribution < -0.4 is 23.8 Å². The fourth-order valence-electron chi connectivity index (χ4n) is 2.87. The first kappa shape index (κ1) is 20.7. The van der Waals surface area contributed by atoms with E-state index in [4.69, 9.17) is 24.2 Å². The number of rotatable bonds is 8. The molecule has 1 amide bonds. The minimum absolute atomic E-state index is 0.0587. The van der Waals surface area contributed by atoms with Crippen molar-refractivity contribution < 1.29 is 28.7 Å². The van der Waals surface area contributed by atoms with Crippen LogP contribution in [0.3, 0.4) is 0 Å². The van der Waals surface area contributed by atoms with Gasteiger partial charge in [-0.1, -0.05) is 0 Å². The molecule has 1 aliphatic rings. The van der Waals surface area contributed by atoms with Crippen molar-refractivity contribution in [3.8, 4) is 29.1 Å². The number of carbonyl (C=O) groups is 1. The van der Waals surface area contributed by atoms with Crippen LogP contribution in [0, 0.1) is 21.4 Å². The van der Waals surface area contributed by atoms with Crippen molar-refractivity contribution in [3.05, 3.63) is 46.5 Å². The monoisotopic (exact) mass is 413 g/mol. The lowest BCUT2D eigenvalue weighted by Crippen LogP contribution is -2.36. The fraction of sp³-hybridized carbons (Fsp3) is 0.300. The Kier molecular flexibility index (Phi) is 6.54. The van der Waals surface area contributed by atoms with E-state index >= 15 is 0 Å². The Hall–Kier alpha value is -4.00. The van der Waals surface area contributed by atoms with Crippen LogP contribution >= 0.6 is 0 Å². The van der Waals surface area contributed by atoms with Gasteiger partial charge in [0.2, 0.25) is 0 Å². The molecule has 0 aromatic heterocycles. The minimum Gasteiger partial charge on any atom is -0.496 e. The summed E-state index contributed by atoms with van der Waals surface area (Å²) in [6.45, 7) is 0.515. The molecule has 0 spiro atoms. The highest BCUT2D eigenvalue weighted by molar-refractivity contribution is 5.95. The Bertz CT molecular complexity index is 987. The van der Waals surface area contributed by atoms with E-state index in [0.717, 1.165) is 0 Å². The second kappa shape index (κ2) is 9.47. The summed E-state index contributed by atoms with van der Waals surface area (Å²) < 4.78 is 21.4. The number of nitrogens with zero attached hydrogens (tertiary/aromatic N) is 3. The van der Waals surface area contributed by atoms with Gasteiger partial charge in [0.15, 0.2) is 23.9 Å². The molecule has 10 heteroatoms. The van der Waals surface area contributed by atoms with Gasteiger partial charge in [-0.05, 0) is 24.3 Å². The molecule has 0 bridgehead atoms. The number of amides is 1.